The maximum absolute atomic E-state index is 12.7. The number of carbonyl (C=O) groups is 1. The van der Waals surface area contributed by atoms with Crippen LogP contribution in [0.2, 0.25) is 0 Å². The number of carbonyl (C=O) groups excluding carboxylic acids is 1. The number of nitrogens with two attached hydrogens (primary N) is 1. The van der Waals surface area contributed by atoms with Crippen molar-refractivity contribution in [1.82, 2.24) is 0 Å². The van der Waals surface area contributed by atoms with E-state index < -0.39 is 0 Å². The zero-order chi connectivity index (χ0) is 15.2. The molecule has 0 atom stereocenters. The van der Waals surface area contributed by atoms with Gasteiger partial charge in [-0.15, -0.1) is 0 Å². The lowest BCUT2D eigenvalue weighted by molar-refractivity contribution is 0.0993. The van der Waals surface area contributed by atoms with Crippen LogP contribution in [0.4, 0.5) is 5.69 Å². The van der Waals surface area contributed by atoms with Gasteiger partial charge >= 0.3 is 0 Å². The molecule has 21 heavy (non-hydrogen) atoms. The molecule has 0 spiro atoms. The maximum atomic E-state index is 12.7. The molecular formula is C18H18N2O. The van der Waals surface area contributed by atoms with E-state index in [0.717, 1.165) is 11.3 Å². The Morgan fingerprint density at radius 3 is 2.67 bits per heavy atom. The fourth-order valence-corrected chi connectivity index (χ4v) is 2.06. The molecule has 2 aromatic carbocycles. The summed E-state index contributed by atoms with van der Waals surface area (Å²) in [5.74, 6) is 5.66. The van der Waals surface area contributed by atoms with Crippen molar-refractivity contribution in [1.29, 1.82) is 0 Å². The highest BCUT2D eigenvalue weighted by Crippen LogP contribution is 2.18. The Balaban J connectivity index is 2.36. The van der Waals surface area contributed by atoms with Gasteiger partial charge in [-0.05, 0) is 36.8 Å². The molecule has 3 heteroatoms. The van der Waals surface area contributed by atoms with Crippen molar-refractivity contribution in [3.8, 4) is 11.8 Å². The number of nitrogens with zero attached hydrogens (tertiary/aromatic N) is 1. The van der Waals surface area contributed by atoms with E-state index in [4.69, 9.17) is 5.73 Å². The average Bonchev–Trinajstić information content (AvgIpc) is 2.51. The topological polar surface area (TPSA) is 46.3 Å². The van der Waals surface area contributed by atoms with Gasteiger partial charge in [0.05, 0.1) is 12.1 Å². The Bertz CT molecular complexity index is 710. The van der Waals surface area contributed by atoms with E-state index in [1.54, 1.807) is 18.0 Å². The SMILES string of the molecule is Cc1cccc(N(C)C(=O)c2ccccc2C#CCN)c1. The molecule has 0 radical (unpaired) electrons. The summed E-state index contributed by atoms with van der Waals surface area (Å²) >= 11 is 0. The van der Waals surface area contributed by atoms with Crippen LogP contribution in [-0.4, -0.2) is 19.5 Å². The minimum Gasteiger partial charge on any atom is -0.320 e. The smallest absolute Gasteiger partial charge is 0.259 e. The highest BCUT2D eigenvalue weighted by Gasteiger charge is 2.16. The van der Waals surface area contributed by atoms with Gasteiger partial charge in [0.2, 0.25) is 0 Å². The van der Waals surface area contributed by atoms with Crippen LogP contribution in [0.1, 0.15) is 21.5 Å². The fraction of sp³-hybridized carbons (Fsp3) is 0.167. The van der Waals surface area contributed by atoms with Crippen LogP contribution < -0.4 is 10.6 Å². The second kappa shape index (κ2) is 6.74. The van der Waals surface area contributed by atoms with Crippen molar-refractivity contribution in [3.63, 3.8) is 0 Å². The zero-order valence-corrected chi connectivity index (χ0v) is 12.3. The predicted octanol–water partition coefficient (Wildman–Crippen LogP) is 2.58. The molecule has 0 aliphatic rings. The number of benzene rings is 2. The number of anilines is 1. The molecule has 0 bridgehead atoms. The first-order valence-electron chi connectivity index (χ1n) is 6.76. The van der Waals surface area contributed by atoms with Gasteiger partial charge in [-0.3, -0.25) is 4.79 Å². The third-order valence-electron chi connectivity index (χ3n) is 3.18. The Hall–Kier alpha value is -2.57. The second-order valence-corrected chi connectivity index (χ2v) is 4.75. The van der Waals surface area contributed by atoms with Crippen molar-refractivity contribution < 1.29 is 4.79 Å². The fourth-order valence-electron chi connectivity index (χ4n) is 2.06. The molecule has 0 saturated carbocycles. The summed E-state index contributed by atoms with van der Waals surface area (Å²) in [6.45, 7) is 2.28. The first-order valence-corrected chi connectivity index (χ1v) is 6.76. The van der Waals surface area contributed by atoms with Gasteiger partial charge in [-0.25, -0.2) is 0 Å². The van der Waals surface area contributed by atoms with Gasteiger partial charge in [0, 0.05) is 18.3 Å². The second-order valence-electron chi connectivity index (χ2n) is 4.75. The minimum absolute atomic E-state index is 0.0810. The van der Waals surface area contributed by atoms with Crippen molar-refractivity contribution in [2.75, 3.05) is 18.5 Å². The van der Waals surface area contributed by atoms with Crippen LogP contribution in [-0.2, 0) is 0 Å². The molecular weight excluding hydrogens is 260 g/mol. The molecule has 0 aliphatic carbocycles. The van der Waals surface area contributed by atoms with Crippen LogP contribution in [0.3, 0.4) is 0 Å². The lowest BCUT2D eigenvalue weighted by Crippen LogP contribution is -2.27. The lowest BCUT2D eigenvalue weighted by atomic mass is 10.1. The van der Waals surface area contributed by atoms with Gasteiger partial charge in [-0.2, -0.15) is 0 Å². The van der Waals surface area contributed by atoms with Gasteiger partial charge in [0.25, 0.3) is 5.91 Å². The molecule has 0 heterocycles. The van der Waals surface area contributed by atoms with E-state index in [-0.39, 0.29) is 12.5 Å². The Morgan fingerprint density at radius 2 is 1.95 bits per heavy atom. The highest BCUT2D eigenvalue weighted by molar-refractivity contribution is 6.07. The number of amides is 1. The first-order chi connectivity index (χ1) is 10.1. The number of aryl methyl sites for hydroxylation is 1. The summed E-state index contributed by atoms with van der Waals surface area (Å²) in [4.78, 5) is 14.3. The normalized spacial score (nSPS) is 9.67. The molecule has 2 N–H and O–H groups in total. The molecule has 2 rings (SSSR count). The Morgan fingerprint density at radius 1 is 1.19 bits per heavy atom. The van der Waals surface area contributed by atoms with Crippen LogP contribution in [0.15, 0.2) is 48.5 Å². The standard InChI is InChI=1S/C18H18N2O/c1-14-7-5-10-16(13-14)20(2)18(21)17-11-4-3-8-15(17)9-6-12-19/h3-5,7-8,10-11,13H,12,19H2,1-2H3. The lowest BCUT2D eigenvalue weighted by Gasteiger charge is -2.18. The number of rotatable bonds is 2. The van der Waals surface area contributed by atoms with Crippen LogP contribution >= 0.6 is 0 Å². The average molecular weight is 278 g/mol. The molecule has 3 nitrogen and oxygen atoms in total. The van der Waals surface area contributed by atoms with Crippen molar-refractivity contribution in [2.24, 2.45) is 5.73 Å². The summed E-state index contributed by atoms with van der Waals surface area (Å²) in [6.07, 6.45) is 0. The van der Waals surface area contributed by atoms with E-state index in [1.165, 1.54) is 0 Å². The quantitative estimate of drug-likeness (QED) is 0.858. The Kier molecular flexibility index (Phi) is 4.76. The predicted molar refractivity (Wildman–Crippen MR) is 86.3 cm³/mol. The van der Waals surface area contributed by atoms with Crippen LogP contribution in [0.25, 0.3) is 0 Å². The molecule has 1 amide bonds. The molecule has 2 aromatic rings. The minimum atomic E-state index is -0.0810. The van der Waals surface area contributed by atoms with E-state index in [2.05, 4.69) is 11.8 Å². The van der Waals surface area contributed by atoms with Crippen LogP contribution in [0, 0.1) is 18.8 Å². The van der Waals surface area contributed by atoms with Crippen molar-refractivity contribution >= 4 is 11.6 Å². The van der Waals surface area contributed by atoms with E-state index in [1.807, 2.05) is 49.4 Å². The van der Waals surface area contributed by atoms with Gasteiger partial charge in [-0.1, -0.05) is 36.1 Å². The molecule has 0 fully saturated rings. The van der Waals surface area contributed by atoms with Gasteiger partial charge in [0.15, 0.2) is 0 Å². The summed E-state index contributed by atoms with van der Waals surface area (Å²) < 4.78 is 0. The third kappa shape index (κ3) is 3.50. The van der Waals surface area contributed by atoms with E-state index in [9.17, 15) is 4.79 Å². The monoisotopic (exact) mass is 278 g/mol. The molecule has 0 aromatic heterocycles. The van der Waals surface area contributed by atoms with Gasteiger partial charge in [0.1, 0.15) is 0 Å². The number of hydrogen-bond acceptors (Lipinski definition) is 2. The number of hydrogen-bond donors (Lipinski definition) is 1. The van der Waals surface area contributed by atoms with E-state index >= 15 is 0 Å². The van der Waals surface area contributed by atoms with Gasteiger partial charge < -0.3 is 10.6 Å². The molecule has 0 saturated heterocycles. The van der Waals surface area contributed by atoms with Crippen LogP contribution in [0.5, 0.6) is 0 Å². The van der Waals surface area contributed by atoms with Crippen molar-refractivity contribution in [3.05, 3.63) is 65.2 Å². The summed E-state index contributed by atoms with van der Waals surface area (Å²) in [5.41, 5.74) is 8.66. The molecule has 0 unspecified atom stereocenters. The summed E-state index contributed by atoms with van der Waals surface area (Å²) in [6, 6.07) is 15.2. The molecule has 106 valence electrons. The largest absolute Gasteiger partial charge is 0.320 e. The zero-order valence-electron chi connectivity index (χ0n) is 12.3. The first kappa shape index (κ1) is 14.8. The third-order valence-corrected chi connectivity index (χ3v) is 3.18. The maximum Gasteiger partial charge on any atom is 0.259 e. The Labute approximate surface area is 125 Å². The van der Waals surface area contributed by atoms with E-state index in [0.29, 0.717) is 11.1 Å². The highest BCUT2D eigenvalue weighted by atomic mass is 16.2. The molecule has 0 aliphatic heterocycles. The summed E-state index contributed by atoms with van der Waals surface area (Å²) in [7, 11) is 1.77. The summed E-state index contributed by atoms with van der Waals surface area (Å²) in [5, 5.41) is 0. The van der Waals surface area contributed by atoms with Crippen molar-refractivity contribution in [2.45, 2.75) is 6.92 Å².